The van der Waals surface area contributed by atoms with Gasteiger partial charge in [-0.15, -0.1) is 0 Å². The Kier molecular flexibility index (Phi) is 3.99. The van der Waals surface area contributed by atoms with Crippen molar-refractivity contribution < 1.29 is 15.0 Å². The summed E-state index contributed by atoms with van der Waals surface area (Å²) in [6.07, 6.45) is -2.96. The van der Waals surface area contributed by atoms with E-state index in [0.29, 0.717) is 5.52 Å². The second-order valence-corrected chi connectivity index (χ2v) is 4.60. The fourth-order valence-electron chi connectivity index (χ4n) is 1.84. The number of halogens is 1. The van der Waals surface area contributed by atoms with E-state index in [0.717, 1.165) is 5.39 Å². The molecule has 4 N–H and O–H groups in total. The topological polar surface area (TPSA) is 96.4 Å². The number of fused-ring (bicyclic) bond motifs is 1. The van der Waals surface area contributed by atoms with E-state index < -0.39 is 18.1 Å². The van der Waals surface area contributed by atoms with Crippen LogP contribution in [0.3, 0.4) is 0 Å². The van der Waals surface area contributed by atoms with Crippen LogP contribution in [0.2, 0.25) is 5.15 Å². The third-order valence-electron chi connectivity index (χ3n) is 2.80. The van der Waals surface area contributed by atoms with Crippen molar-refractivity contribution in [3.63, 3.8) is 0 Å². The summed E-state index contributed by atoms with van der Waals surface area (Å²) in [4.78, 5) is 14.9. The molecule has 100 valence electrons. The second-order valence-electron chi connectivity index (χ2n) is 4.24. The normalized spacial score (nSPS) is 14.3. The molecule has 1 heterocycles. The highest BCUT2D eigenvalue weighted by molar-refractivity contribution is 6.30. The first-order chi connectivity index (χ1) is 8.99. The van der Waals surface area contributed by atoms with Crippen molar-refractivity contribution >= 4 is 28.4 Å². The van der Waals surface area contributed by atoms with Gasteiger partial charge in [-0.1, -0.05) is 29.8 Å². The van der Waals surface area contributed by atoms with Gasteiger partial charge >= 0.3 is 0 Å². The number of carbonyl (C=O) groups excluding carboxylic acids is 1. The third-order valence-corrected chi connectivity index (χ3v) is 3.10. The molecule has 2 aromatic rings. The average Bonchev–Trinajstić information content (AvgIpc) is 2.36. The largest absolute Gasteiger partial charge is 0.390 e. The zero-order valence-electron chi connectivity index (χ0n) is 9.95. The first-order valence-electron chi connectivity index (χ1n) is 5.68. The van der Waals surface area contributed by atoms with E-state index >= 15 is 0 Å². The first kappa shape index (κ1) is 13.7. The minimum absolute atomic E-state index is 0.0923. The Morgan fingerprint density at radius 1 is 1.37 bits per heavy atom. The molecular formula is C13H13ClN2O3. The van der Waals surface area contributed by atoms with Gasteiger partial charge in [0.2, 0.25) is 5.91 Å². The van der Waals surface area contributed by atoms with Gasteiger partial charge in [-0.25, -0.2) is 4.98 Å². The molecule has 6 heteroatoms. The average molecular weight is 281 g/mol. The van der Waals surface area contributed by atoms with Gasteiger partial charge in [0, 0.05) is 10.9 Å². The van der Waals surface area contributed by atoms with E-state index in [2.05, 4.69) is 4.98 Å². The Bertz CT molecular complexity index is 618. The van der Waals surface area contributed by atoms with Crippen molar-refractivity contribution in [1.82, 2.24) is 4.98 Å². The van der Waals surface area contributed by atoms with Crippen molar-refractivity contribution in [1.29, 1.82) is 0 Å². The molecule has 0 aliphatic heterocycles. The lowest BCUT2D eigenvalue weighted by atomic mass is 10.0. The molecule has 0 saturated heterocycles. The van der Waals surface area contributed by atoms with Gasteiger partial charge in [0.1, 0.15) is 11.3 Å². The molecule has 0 spiro atoms. The van der Waals surface area contributed by atoms with Gasteiger partial charge in [0.05, 0.1) is 18.0 Å². The maximum absolute atomic E-state index is 10.7. The van der Waals surface area contributed by atoms with Crippen molar-refractivity contribution in [2.45, 2.75) is 18.6 Å². The van der Waals surface area contributed by atoms with Gasteiger partial charge in [-0.2, -0.15) is 0 Å². The summed E-state index contributed by atoms with van der Waals surface area (Å²) in [5.41, 5.74) is 5.94. The number of amides is 1. The number of nitrogens with zero attached hydrogens (tertiary/aromatic N) is 1. The number of aliphatic hydroxyl groups excluding tert-OH is 2. The molecule has 2 unspecified atom stereocenters. The molecule has 0 saturated carbocycles. The van der Waals surface area contributed by atoms with Crippen LogP contribution < -0.4 is 5.73 Å². The summed E-state index contributed by atoms with van der Waals surface area (Å²) < 4.78 is 0. The number of carbonyl (C=O) groups is 1. The molecule has 0 fully saturated rings. The Balaban J connectivity index is 2.38. The molecule has 2 atom stereocenters. The highest BCUT2D eigenvalue weighted by Crippen LogP contribution is 2.28. The number of hydrogen-bond donors (Lipinski definition) is 3. The summed E-state index contributed by atoms with van der Waals surface area (Å²) in [5, 5.41) is 20.6. The molecule has 0 radical (unpaired) electrons. The van der Waals surface area contributed by atoms with Gasteiger partial charge in [0.25, 0.3) is 0 Å². The number of hydrogen-bond acceptors (Lipinski definition) is 4. The number of aliphatic hydroxyl groups is 2. The van der Waals surface area contributed by atoms with Crippen LogP contribution in [0.15, 0.2) is 30.3 Å². The summed E-state index contributed by atoms with van der Waals surface area (Å²) in [5.74, 6) is -0.698. The van der Waals surface area contributed by atoms with Gasteiger partial charge < -0.3 is 15.9 Å². The zero-order valence-corrected chi connectivity index (χ0v) is 10.7. The minimum atomic E-state index is -1.31. The second kappa shape index (κ2) is 5.52. The molecule has 1 amide bonds. The van der Waals surface area contributed by atoms with Gasteiger partial charge in [0.15, 0.2) is 0 Å². The molecule has 0 bridgehead atoms. The Labute approximate surface area is 114 Å². The molecule has 2 rings (SSSR count). The maximum atomic E-state index is 10.7. The van der Waals surface area contributed by atoms with Crippen LogP contribution in [0, 0.1) is 0 Å². The number of nitrogens with two attached hydrogens (primary N) is 1. The van der Waals surface area contributed by atoms with E-state index in [9.17, 15) is 15.0 Å². The molecule has 0 aliphatic rings. The molecule has 19 heavy (non-hydrogen) atoms. The number of primary amides is 1. The number of rotatable bonds is 4. The molecule has 0 aliphatic carbocycles. The van der Waals surface area contributed by atoms with Gasteiger partial charge in [-0.3, -0.25) is 4.79 Å². The highest BCUT2D eigenvalue weighted by Gasteiger charge is 2.23. The summed E-state index contributed by atoms with van der Waals surface area (Å²) in [7, 11) is 0. The van der Waals surface area contributed by atoms with E-state index in [1.807, 2.05) is 18.2 Å². The monoisotopic (exact) mass is 280 g/mol. The summed E-state index contributed by atoms with van der Waals surface area (Å²) in [6.45, 7) is 0. The Morgan fingerprint density at radius 3 is 2.74 bits per heavy atom. The van der Waals surface area contributed by atoms with E-state index in [4.69, 9.17) is 17.3 Å². The molecule has 5 nitrogen and oxygen atoms in total. The van der Waals surface area contributed by atoms with E-state index in [-0.39, 0.29) is 17.1 Å². The predicted molar refractivity (Wildman–Crippen MR) is 71.5 cm³/mol. The third kappa shape index (κ3) is 3.01. The summed E-state index contributed by atoms with van der Waals surface area (Å²) in [6, 6.07) is 8.89. The molecule has 1 aromatic heterocycles. The highest BCUT2D eigenvalue weighted by atomic mass is 35.5. The zero-order chi connectivity index (χ0) is 14.0. The van der Waals surface area contributed by atoms with Crippen LogP contribution in [-0.4, -0.2) is 27.2 Å². The quantitative estimate of drug-likeness (QED) is 0.732. The standard InChI is InChI=1S/C13H13ClN2O3/c14-13-8(12(19)10(17)6-11(15)18)5-7-3-1-2-4-9(7)16-13/h1-5,10,12,17,19H,6H2,(H2,15,18). The number of pyridine rings is 1. The number of aromatic nitrogens is 1. The fraction of sp³-hybridized carbons (Fsp3) is 0.231. The molecule has 1 aromatic carbocycles. The van der Waals surface area contributed by atoms with Crippen LogP contribution >= 0.6 is 11.6 Å². The summed E-state index contributed by atoms with van der Waals surface area (Å²) >= 11 is 5.98. The smallest absolute Gasteiger partial charge is 0.220 e. The van der Waals surface area contributed by atoms with Crippen LogP contribution in [0.5, 0.6) is 0 Å². The van der Waals surface area contributed by atoms with Crippen molar-refractivity contribution in [3.05, 3.63) is 41.0 Å². The minimum Gasteiger partial charge on any atom is -0.390 e. The maximum Gasteiger partial charge on any atom is 0.220 e. The van der Waals surface area contributed by atoms with Crippen LogP contribution in [-0.2, 0) is 4.79 Å². The van der Waals surface area contributed by atoms with Crippen molar-refractivity contribution in [3.8, 4) is 0 Å². The Hall–Kier alpha value is -1.69. The van der Waals surface area contributed by atoms with E-state index in [1.165, 1.54) is 0 Å². The predicted octanol–water partition coefficient (Wildman–Crippen LogP) is 1.16. The van der Waals surface area contributed by atoms with Gasteiger partial charge in [-0.05, 0) is 12.1 Å². The van der Waals surface area contributed by atoms with Crippen molar-refractivity contribution in [2.24, 2.45) is 5.73 Å². The number of benzene rings is 1. The lowest BCUT2D eigenvalue weighted by molar-refractivity contribution is -0.121. The lowest BCUT2D eigenvalue weighted by Gasteiger charge is -2.18. The SMILES string of the molecule is NC(=O)CC(O)C(O)c1cc2ccccc2nc1Cl. The van der Waals surface area contributed by atoms with Crippen LogP contribution in [0.4, 0.5) is 0 Å². The van der Waals surface area contributed by atoms with E-state index in [1.54, 1.807) is 12.1 Å². The lowest BCUT2D eigenvalue weighted by Crippen LogP contribution is -2.26. The van der Waals surface area contributed by atoms with Crippen molar-refractivity contribution in [2.75, 3.05) is 0 Å². The first-order valence-corrected chi connectivity index (χ1v) is 6.06. The van der Waals surface area contributed by atoms with Crippen LogP contribution in [0.25, 0.3) is 10.9 Å². The van der Waals surface area contributed by atoms with Crippen LogP contribution in [0.1, 0.15) is 18.1 Å². The fourth-order valence-corrected chi connectivity index (χ4v) is 2.10. The number of para-hydroxylation sites is 1. The Morgan fingerprint density at radius 2 is 2.05 bits per heavy atom. The molecular weight excluding hydrogens is 268 g/mol.